The van der Waals surface area contributed by atoms with Crippen LogP contribution in [0.4, 0.5) is 0 Å². The maximum absolute atomic E-state index is 11.9. The summed E-state index contributed by atoms with van der Waals surface area (Å²) in [5.41, 5.74) is 1.89. The van der Waals surface area contributed by atoms with Crippen molar-refractivity contribution in [3.8, 4) is 0 Å². The number of carbonyl (C=O) groups is 2. The van der Waals surface area contributed by atoms with Crippen LogP contribution < -0.4 is 0 Å². The predicted octanol–water partition coefficient (Wildman–Crippen LogP) is 5.64. The number of esters is 1. The number of ketones is 1. The highest BCUT2D eigenvalue weighted by Gasteiger charge is 2.57. The molecule has 0 saturated heterocycles. The molecule has 0 aliphatic heterocycles. The van der Waals surface area contributed by atoms with Gasteiger partial charge in [0.2, 0.25) is 0 Å². The van der Waals surface area contributed by atoms with Crippen molar-refractivity contribution in [3.05, 3.63) is 23.8 Å². The molecule has 0 heterocycles. The lowest BCUT2D eigenvalue weighted by atomic mass is 9.48. The average molecular weight is 385 g/mol. The normalized spacial score (nSPS) is 41.7. The summed E-state index contributed by atoms with van der Waals surface area (Å²) in [6, 6.07) is 0. The molecular formula is C25H36O3. The number of allylic oxidation sites excluding steroid dienone is 4. The maximum Gasteiger partial charge on any atom is 0.305 e. The second kappa shape index (κ2) is 7.46. The van der Waals surface area contributed by atoms with Gasteiger partial charge < -0.3 is 4.74 Å². The topological polar surface area (TPSA) is 43.4 Å². The highest BCUT2D eigenvalue weighted by Crippen LogP contribution is 2.65. The van der Waals surface area contributed by atoms with Crippen molar-refractivity contribution < 1.29 is 14.3 Å². The fourth-order valence-electron chi connectivity index (χ4n) is 7.31. The van der Waals surface area contributed by atoms with Gasteiger partial charge in [0.15, 0.2) is 5.78 Å². The quantitative estimate of drug-likeness (QED) is 0.576. The Kier molecular flexibility index (Phi) is 5.31. The van der Waals surface area contributed by atoms with Crippen LogP contribution >= 0.6 is 0 Å². The number of carbonyl (C=O) groups excluding carboxylic acids is 2. The zero-order valence-electron chi connectivity index (χ0n) is 17.8. The molecule has 4 aliphatic carbocycles. The largest absolute Gasteiger partial charge is 0.466 e. The highest BCUT2D eigenvalue weighted by atomic mass is 16.5. The molecule has 3 nitrogen and oxygen atoms in total. The third kappa shape index (κ3) is 3.19. The highest BCUT2D eigenvalue weighted by molar-refractivity contribution is 5.92. The van der Waals surface area contributed by atoms with E-state index in [1.54, 1.807) is 0 Å². The number of ether oxygens (including phenoxy) is 1. The third-order valence-corrected chi connectivity index (χ3v) is 8.95. The van der Waals surface area contributed by atoms with Crippen LogP contribution in [0.3, 0.4) is 0 Å². The van der Waals surface area contributed by atoms with Crippen molar-refractivity contribution in [2.24, 2.45) is 34.5 Å². The second-order valence-electron chi connectivity index (χ2n) is 10.1. The van der Waals surface area contributed by atoms with E-state index in [0.717, 1.165) is 37.5 Å². The van der Waals surface area contributed by atoms with Crippen molar-refractivity contribution in [2.45, 2.75) is 78.6 Å². The summed E-state index contributed by atoms with van der Waals surface area (Å²) < 4.78 is 5.10. The number of fused-ring (bicyclic) bond motifs is 5. The van der Waals surface area contributed by atoms with E-state index in [4.69, 9.17) is 4.74 Å². The van der Waals surface area contributed by atoms with Crippen molar-refractivity contribution in [3.63, 3.8) is 0 Å². The summed E-state index contributed by atoms with van der Waals surface area (Å²) in [6.07, 6.45) is 16.3. The van der Waals surface area contributed by atoms with Gasteiger partial charge in [0.25, 0.3) is 0 Å². The summed E-state index contributed by atoms with van der Waals surface area (Å²) in [5.74, 6) is 3.10. The molecule has 154 valence electrons. The first kappa shape index (κ1) is 19.9. The molecule has 0 amide bonds. The molecule has 4 rings (SSSR count). The summed E-state index contributed by atoms with van der Waals surface area (Å²) >= 11 is 0. The average Bonchev–Trinajstić information content (AvgIpc) is 2.99. The molecule has 0 radical (unpaired) electrons. The molecule has 4 aliphatic rings. The molecule has 0 aromatic heterocycles. The van der Waals surface area contributed by atoms with E-state index in [1.807, 2.05) is 13.0 Å². The molecule has 2 saturated carbocycles. The molecule has 0 N–H and O–H groups in total. The van der Waals surface area contributed by atoms with Crippen LogP contribution in [0.2, 0.25) is 0 Å². The van der Waals surface area contributed by atoms with Gasteiger partial charge in [-0.15, -0.1) is 0 Å². The Morgan fingerprint density at radius 1 is 1.18 bits per heavy atom. The summed E-state index contributed by atoms with van der Waals surface area (Å²) in [6.45, 7) is 7.31. The minimum atomic E-state index is -0.0415. The molecule has 0 aromatic rings. The molecule has 0 aromatic carbocycles. The minimum Gasteiger partial charge on any atom is -0.466 e. The Balaban J connectivity index is 1.48. The Bertz CT molecular complexity index is 705. The first-order valence-electron chi connectivity index (χ1n) is 11.5. The number of hydrogen-bond acceptors (Lipinski definition) is 3. The number of hydrogen-bond donors (Lipinski definition) is 0. The Morgan fingerprint density at radius 3 is 2.79 bits per heavy atom. The Morgan fingerprint density at radius 2 is 2.00 bits per heavy atom. The third-order valence-electron chi connectivity index (χ3n) is 8.95. The van der Waals surface area contributed by atoms with Crippen molar-refractivity contribution in [1.29, 1.82) is 0 Å². The Labute approximate surface area is 170 Å². The summed E-state index contributed by atoms with van der Waals surface area (Å²) in [4.78, 5) is 23.6. The molecule has 0 spiro atoms. The fourth-order valence-corrected chi connectivity index (χ4v) is 7.31. The molecule has 3 heteroatoms. The van der Waals surface area contributed by atoms with Crippen LogP contribution in [0.1, 0.15) is 78.6 Å². The van der Waals surface area contributed by atoms with Gasteiger partial charge in [0.05, 0.1) is 6.61 Å². The molecule has 2 fully saturated rings. The standard InChI is InChI=1S/C25H36O3/c1-4-28-23(27)7-5-6-17-9-11-21-20-10-8-18-16-19(26)12-14-25(18,3)22(20)13-15-24(17,21)2/h8,10,16-17,20-22H,4-7,9,11-15H2,1-3H3/t17-,20?,21?,22?,24?,25?/m0/s1. The van der Waals surface area contributed by atoms with E-state index >= 15 is 0 Å². The zero-order valence-corrected chi connectivity index (χ0v) is 17.8. The second-order valence-corrected chi connectivity index (χ2v) is 10.1. The van der Waals surface area contributed by atoms with Crippen molar-refractivity contribution in [1.82, 2.24) is 0 Å². The molecular weight excluding hydrogens is 348 g/mol. The van der Waals surface area contributed by atoms with Gasteiger partial charge in [-0.05, 0) is 98.0 Å². The van der Waals surface area contributed by atoms with E-state index in [2.05, 4.69) is 26.0 Å². The number of rotatable bonds is 5. The van der Waals surface area contributed by atoms with E-state index in [0.29, 0.717) is 36.1 Å². The van der Waals surface area contributed by atoms with Gasteiger partial charge in [-0.25, -0.2) is 0 Å². The lowest BCUT2D eigenvalue weighted by Crippen LogP contribution is -2.48. The lowest BCUT2D eigenvalue weighted by molar-refractivity contribution is -0.143. The van der Waals surface area contributed by atoms with Crippen LogP contribution in [0.25, 0.3) is 0 Å². The first-order valence-corrected chi connectivity index (χ1v) is 11.5. The van der Waals surface area contributed by atoms with E-state index in [1.165, 1.54) is 31.3 Å². The monoisotopic (exact) mass is 384 g/mol. The SMILES string of the molecule is CCOC(=O)CCC[C@H]1CCC2C3C=CC4=CC(=O)CCC4(C)C3CCC21C. The van der Waals surface area contributed by atoms with Crippen LogP contribution in [0, 0.1) is 34.5 Å². The van der Waals surface area contributed by atoms with E-state index in [9.17, 15) is 9.59 Å². The van der Waals surface area contributed by atoms with Crippen LogP contribution in [-0.4, -0.2) is 18.4 Å². The van der Waals surface area contributed by atoms with Crippen LogP contribution in [0.15, 0.2) is 23.8 Å². The molecule has 0 bridgehead atoms. The summed E-state index contributed by atoms with van der Waals surface area (Å²) in [5, 5.41) is 0. The van der Waals surface area contributed by atoms with E-state index in [-0.39, 0.29) is 11.4 Å². The molecule has 5 unspecified atom stereocenters. The van der Waals surface area contributed by atoms with E-state index < -0.39 is 0 Å². The van der Waals surface area contributed by atoms with Crippen molar-refractivity contribution in [2.75, 3.05) is 6.61 Å². The summed E-state index contributed by atoms with van der Waals surface area (Å²) in [7, 11) is 0. The van der Waals surface area contributed by atoms with Gasteiger partial charge in [0, 0.05) is 12.8 Å². The maximum atomic E-state index is 11.9. The lowest BCUT2D eigenvalue weighted by Gasteiger charge is -2.56. The van der Waals surface area contributed by atoms with Gasteiger partial charge >= 0.3 is 5.97 Å². The van der Waals surface area contributed by atoms with Gasteiger partial charge in [-0.2, -0.15) is 0 Å². The smallest absolute Gasteiger partial charge is 0.305 e. The van der Waals surface area contributed by atoms with Crippen LogP contribution in [-0.2, 0) is 14.3 Å². The molecule has 6 atom stereocenters. The van der Waals surface area contributed by atoms with Crippen LogP contribution in [0.5, 0.6) is 0 Å². The van der Waals surface area contributed by atoms with Gasteiger partial charge in [0.1, 0.15) is 0 Å². The minimum absolute atomic E-state index is 0.0415. The molecule has 28 heavy (non-hydrogen) atoms. The van der Waals surface area contributed by atoms with Crippen molar-refractivity contribution >= 4 is 11.8 Å². The fraction of sp³-hybridized carbons (Fsp3) is 0.760. The van der Waals surface area contributed by atoms with Gasteiger partial charge in [-0.1, -0.05) is 26.0 Å². The zero-order chi connectivity index (χ0) is 19.9. The van der Waals surface area contributed by atoms with Gasteiger partial charge in [-0.3, -0.25) is 9.59 Å². The Hall–Kier alpha value is -1.38. The predicted molar refractivity (Wildman–Crippen MR) is 111 cm³/mol. The first-order chi connectivity index (χ1) is 13.4.